The Hall–Kier alpha value is -1.30. The maximum absolute atomic E-state index is 9.32. The van der Waals surface area contributed by atoms with E-state index in [0.29, 0.717) is 5.92 Å². The van der Waals surface area contributed by atoms with Crippen molar-refractivity contribution >= 4 is 11.3 Å². The average molecular weight is 291 g/mol. The molecule has 0 aromatic carbocycles. The molecule has 4 nitrogen and oxygen atoms in total. The van der Waals surface area contributed by atoms with E-state index >= 15 is 0 Å². The average Bonchev–Trinajstić information content (AvgIpc) is 2.88. The van der Waals surface area contributed by atoms with E-state index in [1.54, 1.807) is 17.5 Å². The monoisotopic (exact) mass is 291 g/mol. The van der Waals surface area contributed by atoms with Crippen molar-refractivity contribution in [2.24, 2.45) is 5.92 Å². The second-order valence-corrected chi connectivity index (χ2v) is 6.04. The Bertz CT molecular complexity index is 513. The molecule has 0 aliphatic carbocycles. The number of hydrogen-bond acceptors (Lipinski definition) is 5. The molecule has 20 heavy (non-hydrogen) atoms. The summed E-state index contributed by atoms with van der Waals surface area (Å²) < 4.78 is 0. The predicted molar refractivity (Wildman–Crippen MR) is 82.5 cm³/mol. The molecule has 5 heteroatoms. The van der Waals surface area contributed by atoms with Gasteiger partial charge in [-0.05, 0) is 37.9 Å². The van der Waals surface area contributed by atoms with Gasteiger partial charge in [-0.3, -0.25) is 4.98 Å². The van der Waals surface area contributed by atoms with Gasteiger partial charge in [-0.1, -0.05) is 13.0 Å². The van der Waals surface area contributed by atoms with Gasteiger partial charge in [0.25, 0.3) is 0 Å². The molecule has 0 aliphatic rings. The first-order valence-corrected chi connectivity index (χ1v) is 7.77. The summed E-state index contributed by atoms with van der Waals surface area (Å²) in [5, 5.41) is 15.7. The normalized spacial score (nSPS) is 14.2. The van der Waals surface area contributed by atoms with E-state index in [1.807, 2.05) is 25.1 Å². The molecule has 2 rings (SSSR count). The number of nitrogens with zero attached hydrogens (tertiary/aromatic N) is 2. The van der Waals surface area contributed by atoms with Gasteiger partial charge < -0.3 is 10.4 Å². The fraction of sp³-hybridized carbons (Fsp3) is 0.467. The van der Waals surface area contributed by atoms with E-state index in [-0.39, 0.29) is 6.10 Å². The van der Waals surface area contributed by atoms with Crippen LogP contribution in [0.1, 0.15) is 26.0 Å². The molecule has 2 aromatic heterocycles. The minimum Gasteiger partial charge on any atom is -0.393 e. The number of pyridine rings is 1. The molecule has 0 aliphatic heterocycles. The van der Waals surface area contributed by atoms with E-state index < -0.39 is 0 Å². The molecular formula is C15H21N3OS. The van der Waals surface area contributed by atoms with Crippen LogP contribution in [-0.2, 0) is 6.54 Å². The van der Waals surface area contributed by atoms with E-state index in [1.165, 1.54) is 0 Å². The lowest BCUT2D eigenvalue weighted by atomic mass is 10.1. The molecule has 0 saturated heterocycles. The van der Waals surface area contributed by atoms with Crippen molar-refractivity contribution in [1.82, 2.24) is 15.3 Å². The zero-order chi connectivity index (χ0) is 14.4. The van der Waals surface area contributed by atoms with Crippen LogP contribution in [0.3, 0.4) is 0 Å². The van der Waals surface area contributed by atoms with E-state index in [4.69, 9.17) is 0 Å². The minimum atomic E-state index is -0.234. The molecule has 2 heterocycles. The summed E-state index contributed by atoms with van der Waals surface area (Å²) in [4.78, 5) is 8.89. The van der Waals surface area contributed by atoms with Crippen LogP contribution in [-0.4, -0.2) is 27.7 Å². The predicted octanol–water partition coefficient (Wildman–Crippen LogP) is 2.70. The zero-order valence-electron chi connectivity index (χ0n) is 11.9. The Balaban J connectivity index is 1.82. The third-order valence-electron chi connectivity index (χ3n) is 2.98. The van der Waals surface area contributed by atoms with Crippen LogP contribution in [0.15, 0.2) is 29.8 Å². The maximum atomic E-state index is 9.32. The number of thiazole rings is 1. The summed E-state index contributed by atoms with van der Waals surface area (Å²) in [6.45, 7) is 5.62. The lowest BCUT2D eigenvalue weighted by molar-refractivity contribution is 0.163. The second-order valence-electron chi connectivity index (χ2n) is 5.18. The van der Waals surface area contributed by atoms with Crippen molar-refractivity contribution in [2.75, 3.05) is 6.54 Å². The van der Waals surface area contributed by atoms with Crippen LogP contribution in [0.25, 0.3) is 10.7 Å². The molecule has 0 amide bonds. The van der Waals surface area contributed by atoms with Crippen LogP contribution in [0.4, 0.5) is 0 Å². The van der Waals surface area contributed by atoms with Crippen LogP contribution >= 0.6 is 11.3 Å². The molecule has 0 saturated carbocycles. The van der Waals surface area contributed by atoms with Crippen molar-refractivity contribution in [2.45, 2.75) is 32.9 Å². The molecular weight excluding hydrogens is 270 g/mol. The molecule has 0 fully saturated rings. The quantitative estimate of drug-likeness (QED) is 0.823. The first kappa shape index (κ1) is 15.1. The lowest BCUT2D eigenvalue weighted by Gasteiger charge is -2.13. The molecule has 0 radical (unpaired) electrons. The highest BCUT2D eigenvalue weighted by Crippen LogP contribution is 2.21. The van der Waals surface area contributed by atoms with E-state index in [2.05, 4.69) is 27.6 Å². The van der Waals surface area contributed by atoms with Gasteiger partial charge in [0.2, 0.25) is 0 Å². The van der Waals surface area contributed by atoms with Gasteiger partial charge in [-0.15, -0.1) is 11.3 Å². The molecule has 2 N–H and O–H groups in total. The summed E-state index contributed by atoms with van der Waals surface area (Å²) in [6, 6.07) is 5.85. The Kier molecular flexibility index (Phi) is 5.64. The first-order valence-electron chi connectivity index (χ1n) is 6.89. The van der Waals surface area contributed by atoms with Crippen molar-refractivity contribution in [3.63, 3.8) is 0 Å². The number of rotatable bonds is 7. The second kappa shape index (κ2) is 7.47. The van der Waals surface area contributed by atoms with Crippen LogP contribution in [0, 0.1) is 5.92 Å². The molecule has 0 bridgehead atoms. The van der Waals surface area contributed by atoms with Gasteiger partial charge in [0.05, 0.1) is 17.5 Å². The van der Waals surface area contributed by atoms with Gasteiger partial charge in [-0.2, -0.15) is 0 Å². The Labute approximate surface area is 123 Å². The van der Waals surface area contributed by atoms with E-state index in [0.717, 1.165) is 35.9 Å². The van der Waals surface area contributed by atoms with Crippen molar-refractivity contribution in [3.8, 4) is 10.7 Å². The fourth-order valence-electron chi connectivity index (χ4n) is 2.11. The van der Waals surface area contributed by atoms with Gasteiger partial charge in [0.1, 0.15) is 5.01 Å². The molecule has 2 unspecified atom stereocenters. The number of aromatic nitrogens is 2. The number of hydrogen-bond donors (Lipinski definition) is 2. The number of aliphatic hydroxyl groups is 1. The Morgan fingerprint density at radius 3 is 2.90 bits per heavy atom. The van der Waals surface area contributed by atoms with Crippen molar-refractivity contribution in [3.05, 3.63) is 35.5 Å². The number of nitrogens with one attached hydrogen (secondary N) is 1. The highest BCUT2D eigenvalue weighted by atomic mass is 32.1. The highest BCUT2D eigenvalue weighted by Gasteiger charge is 2.08. The van der Waals surface area contributed by atoms with Gasteiger partial charge in [-0.25, -0.2) is 4.98 Å². The number of aliphatic hydroxyl groups excluding tert-OH is 1. The largest absolute Gasteiger partial charge is 0.393 e. The Morgan fingerprint density at radius 1 is 1.35 bits per heavy atom. The van der Waals surface area contributed by atoms with E-state index in [9.17, 15) is 5.11 Å². The van der Waals surface area contributed by atoms with Crippen LogP contribution in [0.2, 0.25) is 0 Å². The molecule has 2 aromatic rings. The van der Waals surface area contributed by atoms with Crippen LogP contribution in [0.5, 0.6) is 0 Å². The van der Waals surface area contributed by atoms with Crippen molar-refractivity contribution in [1.29, 1.82) is 0 Å². The lowest BCUT2D eigenvalue weighted by Crippen LogP contribution is -2.23. The minimum absolute atomic E-state index is 0.234. The summed E-state index contributed by atoms with van der Waals surface area (Å²) >= 11 is 1.62. The zero-order valence-corrected chi connectivity index (χ0v) is 12.7. The topological polar surface area (TPSA) is 58.0 Å². The third-order valence-corrected chi connectivity index (χ3v) is 3.89. The summed E-state index contributed by atoms with van der Waals surface area (Å²) in [5.41, 5.74) is 1.96. The molecule has 2 atom stereocenters. The van der Waals surface area contributed by atoms with Crippen LogP contribution < -0.4 is 5.32 Å². The SMILES string of the molecule is CC(O)CC(C)CNCc1csc(-c2ccccn2)n1. The van der Waals surface area contributed by atoms with Gasteiger partial charge >= 0.3 is 0 Å². The maximum Gasteiger partial charge on any atom is 0.142 e. The smallest absolute Gasteiger partial charge is 0.142 e. The fourth-order valence-corrected chi connectivity index (χ4v) is 2.90. The third kappa shape index (κ3) is 4.67. The summed E-state index contributed by atoms with van der Waals surface area (Å²) in [5.74, 6) is 0.462. The summed E-state index contributed by atoms with van der Waals surface area (Å²) in [6.07, 6.45) is 2.37. The standard InChI is InChI=1S/C15H21N3OS/c1-11(7-12(2)19)8-16-9-13-10-20-15(18-13)14-5-3-4-6-17-14/h3-6,10-12,16,19H,7-9H2,1-2H3. The molecule has 0 spiro atoms. The Morgan fingerprint density at radius 2 is 2.20 bits per heavy atom. The van der Waals surface area contributed by atoms with Gasteiger partial charge in [0, 0.05) is 18.1 Å². The highest BCUT2D eigenvalue weighted by molar-refractivity contribution is 7.13. The molecule has 108 valence electrons. The first-order chi connectivity index (χ1) is 9.65. The van der Waals surface area contributed by atoms with Crippen molar-refractivity contribution < 1.29 is 5.11 Å². The van der Waals surface area contributed by atoms with Gasteiger partial charge in [0.15, 0.2) is 0 Å². The summed E-state index contributed by atoms with van der Waals surface area (Å²) in [7, 11) is 0.